The molecule has 0 aromatic rings. The molecule has 4 nitrogen and oxygen atoms in total. The van der Waals surface area contributed by atoms with E-state index in [-0.39, 0.29) is 6.42 Å². The van der Waals surface area contributed by atoms with Gasteiger partial charge in [0.2, 0.25) is 0 Å². The molecule has 0 aliphatic rings. The minimum Gasteiger partial charge on any atom is -0.394 e. The molecule has 0 radical (unpaired) electrons. The SMILES string of the molecule is CC(C)(O)C(C)(O)CC(O)CO. The van der Waals surface area contributed by atoms with E-state index in [2.05, 4.69) is 0 Å². The van der Waals surface area contributed by atoms with Crippen molar-refractivity contribution in [2.45, 2.75) is 44.5 Å². The fourth-order valence-corrected chi connectivity index (χ4v) is 0.773. The van der Waals surface area contributed by atoms with Crippen LogP contribution in [0, 0.1) is 0 Å². The lowest BCUT2D eigenvalue weighted by atomic mass is 9.83. The van der Waals surface area contributed by atoms with E-state index in [0.717, 1.165) is 0 Å². The molecule has 0 heterocycles. The van der Waals surface area contributed by atoms with E-state index >= 15 is 0 Å². The molecule has 4 N–H and O–H groups in total. The first-order valence-corrected chi connectivity index (χ1v) is 3.94. The van der Waals surface area contributed by atoms with Crippen molar-refractivity contribution in [2.24, 2.45) is 0 Å². The van der Waals surface area contributed by atoms with Gasteiger partial charge in [-0.2, -0.15) is 0 Å². The molecule has 0 rings (SSSR count). The molecule has 0 bridgehead atoms. The third kappa shape index (κ3) is 3.06. The fourth-order valence-electron chi connectivity index (χ4n) is 0.773. The van der Waals surface area contributed by atoms with Crippen LogP contribution in [-0.4, -0.2) is 44.3 Å². The fraction of sp³-hybridized carbons (Fsp3) is 1.00. The summed E-state index contributed by atoms with van der Waals surface area (Å²) in [6.45, 7) is 3.92. The monoisotopic (exact) mass is 178 g/mol. The quantitative estimate of drug-likeness (QED) is 0.456. The first kappa shape index (κ1) is 11.8. The van der Waals surface area contributed by atoms with Gasteiger partial charge in [0.05, 0.1) is 23.9 Å². The van der Waals surface area contributed by atoms with E-state index in [4.69, 9.17) is 10.2 Å². The number of hydrogen-bond donors (Lipinski definition) is 4. The average molecular weight is 178 g/mol. The highest BCUT2D eigenvalue weighted by molar-refractivity contribution is 4.91. The van der Waals surface area contributed by atoms with E-state index in [9.17, 15) is 10.2 Å². The Kier molecular flexibility index (Phi) is 3.65. The topological polar surface area (TPSA) is 80.9 Å². The van der Waals surface area contributed by atoms with Crippen LogP contribution in [0.2, 0.25) is 0 Å². The zero-order valence-electron chi connectivity index (χ0n) is 7.78. The highest BCUT2D eigenvalue weighted by atomic mass is 16.4. The Labute approximate surface area is 72.5 Å². The second-order valence-corrected chi connectivity index (χ2v) is 3.87. The van der Waals surface area contributed by atoms with Crippen molar-refractivity contribution in [1.82, 2.24) is 0 Å². The molecule has 0 aliphatic carbocycles. The number of rotatable bonds is 4. The molecule has 0 aliphatic heterocycles. The summed E-state index contributed by atoms with van der Waals surface area (Å²) in [7, 11) is 0. The van der Waals surface area contributed by atoms with Crippen LogP contribution in [0.25, 0.3) is 0 Å². The molecule has 0 saturated carbocycles. The van der Waals surface area contributed by atoms with Gasteiger partial charge in [0.25, 0.3) is 0 Å². The summed E-state index contributed by atoms with van der Waals surface area (Å²) in [5, 5.41) is 36.6. The lowest BCUT2D eigenvalue weighted by molar-refractivity contribution is -0.141. The Morgan fingerprint density at radius 1 is 1.17 bits per heavy atom. The third-order valence-electron chi connectivity index (χ3n) is 2.16. The molecule has 0 saturated heterocycles. The molecule has 2 atom stereocenters. The molecular weight excluding hydrogens is 160 g/mol. The van der Waals surface area contributed by atoms with Gasteiger partial charge in [0, 0.05) is 6.42 Å². The van der Waals surface area contributed by atoms with Crippen molar-refractivity contribution in [3.8, 4) is 0 Å². The molecular formula is C8H18O4. The predicted molar refractivity (Wildman–Crippen MR) is 44.6 cm³/mol. The summed E-state index contributed by atoms with van der Waals surface area (Å²) in [5.74, 6) is 0. The first-order chi connectivity index (χ1) is 5.20. The van der Waals surface area contributed by atoms with Gasteiger partial charge in [-0.25, -0.2) is 0 Å². The number of aliphatic hydroxyl groups is 4. The minimum absolute atomic E-state index is 0.0486. The molecule has 0 fully saturated rings. The van der Waals surface area contributed by atoms with Crippen LogP contribution in [-0.2, 0) is 0 Å². The Morgan fingerprint density at radius 2 is 1.58 bits per heavy atom. The lowest BCUT2D eigenvalue weighted by Gasteiger charge is -2.36. The lowest BCUT2D eigenvalue weighted by Crippen LogP contribution is -2.50. The summed E-state index contributed by atoms with van der Waals surface area (Å²) in [5.41, 5.74) is -2.68. The Hall–Kier alpha value is -0.160. The predicted octanol–water partition coefficient (Wildman–Crippen LogP) is -0.748. The Bertz CT molecular complexity index is 136. The van der Waals surface area contributed by atoms with E-state index in [1.54, 1.807) is 0 Å². The van der Waals surface area contributed by atoms with Crippen LogP contribution in [0.15, 0.2) is 0 Å². The second kappa shape index (κ2) is 3.70. The van der Waals surface area contributed by atoms with Crippen LogP contribution >= 0.6 is 0 Å². The average Bonchev–Trinajstić information content (AvgIpc) is 1.84. The van der Waals surface area contributed by atoms with Crippen LogP contribution < -0.4 is 0 Å². The Morgan fingerprint density at radius 3 is 1.83 bits per heavy atom. The molecule has 0 aromatic carbocycles. The highest BCUT2D eigenvalue weighted by Crippen LogP contribution is 2.25. The van der Waals surface area contributed by atoms with Gasteiger partial charge in [0.1, 0.15) is 0 Å². The normalized spacial score (nSPS) is 20.2. The van der Waals surface area contributed by atoms with Gasteiger partial charge < -0.3 is 20.4 Å². The minimum atomic E-state index is -1.39. The van der Waals surface area contributed by atoms with Crippen molar-refractivity contribution in [3.63, 3.8) is 0 Å². The van der Waals surface area contributed by atoms with E-state index < -0.39 is 23.9 Å². The number of hydrogen-bond acceptors (Lipinski definition) is 4. The summed E-state index contributed by atoms with van der Waals surface area (Å²) >= 11 is 0. The summed E-state index contributed by atoms with van der Waals surface area (Å²) in [4.78, 5) is 0. The maximum atomic E-state index is 9.63. The van der Waals surface area contributed by atoms with Crippen LogP contribution in [0.1, 0.15) is 27.2 Å². The maximum absolute atomic E-state index is 9.63. The van der Waals surface area contributed by atoms with Gasteiger partial charge in [-0.1, -0.05) is 0 Å². The molecule has 0 amide bonds. The van der Waals surface area contributed by atoms with Gasteiger partial charge in [0.15, 0.2) is 0 Å². The van der Waals surface area contributed by atoms with Gasteiger partial charge in [-0.15, -0.1) is 0 Å². The maximum Gasteiger partial charge on any atom is 0.0925 e. The largest absolute Gasteiger partial charge is 0.394 e. The highest BCUT2D eigenvalue weighted by Gasteiger charge is 2.38. The molecule has 74 valence electrons. The van der Waals surface area contributed by atoms with Gasteiger partial charge >= 0.3 is 0 Å². The molecule has 0 spiro atoms. The van der Waals surface area contributed by atoms with E-state index in [1.807, 2.05) is 0 Å². The summed E-state index contributed by atoms with van der Waals surface area (Å²) in [6.07, 6.45) is -1.04. The zero-order chi connectivity index (χ0) is 9.99. The van der Waals surface area contributed by atoms with Crippen LogP contribution in [0.5, 0.6) is 0 Å². The standard InChI is InChI=1S/C8H18O4/c1-7(2,11)8(3,12)4-6(10)5-9/h6,9-12H,4-5H2,1-3H3. The number of aliphatic hydroxyl groups excluding tert-OH is 2. The van der Waals surface area contributed by atoms with Gasteiger partial charge in [-0.3, -0.25) is 0 Å². The van der Waals surface area contributed by atoms with Gasteiger partial charge in [-0.05, 0) is 20.8 Å². The molecule has 2 unspecified atom stereocenters. The van der Waals surface area contributed by atoms with Crippen molar-refractivity contribution < 1.29 is 20.4 Å². The van der Waals surface area contributed by atoms with Crippen molar-refractivity contribution in [1.29, 1.82) is 0 Å². The zero-order valence-corrected chi connectivity index (χ0v) is 7.78. The molecule has 12 heavy (non-hydrogen) atoms. The van der Waals surface area contributed by atoms with E-state index in [0.29, 0.717) is 0 Å². The summed E-state index contributed by atoms with van der Waals surface area (Å²) in [6, 6.07) is 0. The molecule has 0 aromatic heterocycles. The first-order valence-electron chi connectivity index (χ1n) is 3.94. The van der Waals surface area contributed by atoms with Crippen molar-refractivity contribution in [2.75, 3.05) is 6.61 Å². The summed E-state index contributed by atoms with van der Waals surface area (Å²) < 4.78 is 0. The second-order valence-electron chi connectivity index (χ2n) is 3.87. The third-order valence-corrected chi connectivity index (χ3v) is 2.16. The van der Waals surface area contributed by atoms with Crippen LogP contribution in [0.4, 0.5) is 0 Å². The van der Waals surface area contributed by atoms with Crippen molar-refractivity contribution in [3.05, 3.63) is 0 Å². The van der Waals surface area contributed by atoms with Crippen molar-refractivity contribution >= 4 is 0 Å². The Balaban J connectivity index is 4.22. The van der Waals surface area contributed by atoms with E-state index in [1.165, 1.54) is 20.8 Å². The smallest absolute Gasteiger partial charge is 0.0925 e. The van der Waals surface area contributed by atoms with Crippen LogP contribution in [0.3, 0.4) is 0 Å². The molecule has 4 heteroatoms.